The van der Waals surface area contributed by atoms with Crippen molar-refractivity contribution in [2.75, 3.05) is 20.3 Å². The molecule has 1 aromatic rings. The molecule has 0 bridgehead atoms. The van der Waals surface area contributed by atoms with Crippen LogP contribution < -0.4 is 10.1 Å². The first-order valence-corrected chi connectivity index (χ1v) is 6.65. The zero-order chi connectivity index (χ0) is 13.4. The molecular formula is C13H18BrNO3. The van der Waals surface area contributed by atoms with Crippen molar-refractivity contribution in [1.29, 1.82) is 0 Å². The average Bonchev–Trinajstić information content (AvgIpc) is 2.37. The molecule has 4 nitrogen and oxygen atoms in total. The van der Waals surface area contributed by atoms with Gasteiger partial charge in [-0.2, -0.15) is 0 Å². The van der Waals surface area contributed by atoms with Crippen molar-refractivity contribution in [2.45, 2.75) is 19.9 Å². The Bertz CT molecular complexity index is 396. The number of hydrogen-bond acceptors (Lipinski definition) is 4. The molecule has 0 saturated carbocycles. The molecule has 0 saturated heterocycles. The Kier molecular flexibility index (Phi) is 6.75. The number of carbonyl (C=O) groups is 1. The van der Waals surface area contributed by atoms with Crippen LogP contribution in [0.1, 0.15) is 18.9 Å². The minimum Gasteiger partial charge on any atom is -0.497 e. The molecule has 1 N–H and O–H groups in total. The zero-order valence-electron chi connectivity index (χ0n) is 10.7. The van der Waals surface area contributed by atoms with Crippen LogP contribution in [0.25, 0.3) is 0 Å². The van der Waals surface area contributed by atoms with Crippen LogP contribution in [0.3, 0.4) is 0 Å². The number of benzene rings is 1. The van der Waals surface area contributed by atoms with Crippen molar-refractivity contribution in [3.05, 3.63) is 28.2 Å². The van der Waals surface area contributed by atoms with E-state index in [0.29, 0.717) is 26.1 Å². The molecule has 5 heteroatoms. The summed E-state index contributed by atoms with van der Waals surface area (Å²) in [6, 6.07) is 5.80. The summed E-state index contributed by atoms with van der Waals surface area (Å²) >= 11 is 3.48. The van der Waals surface area contributed by atoms with Gasteiger partial charge in [0.1, 0.15) is 5.75 Å². The number of esters is 1. The van der Waals surface area contributed by atoms with Gasteiger partial charge in [0.15, 0.2) is 0 Å². The van der Waals surface area contributed by atoms with Gasteiger partial charge in [-0.05, 0) is 30.7 Å². The normalized spacial score (nSPS) is 10.2. The highest BCUT2D eigenvalue weighted by atomic mass is 79.9. The van der Waals surface area contributed by atoms with Gasteiger partial charge < -0.3 is 14.8 Å². The lowest BCUT2D eigenvalue weighted by molar-refractivity contribution is -0.142. The second kappa shape index (κ2) is 8.11. The van der Waals surface area contributed by atoms with Gasteiger partial charge in [0.25, 0.3) is 0 Å². The van der Waals surface area contributed by atoms with E-state index >= 15 is 0 Å². The van der Waals surface area contributed by atoms with E-state index in [2.05, 4.69) is 21.2 Å². The third-order valence-electron chi connectivity index (χ3n) is 2.38. The van der Waals surface area contributed by atoms with E-state index in [0.717, 1.165) is 15.8 Å². The van der Waals surface area contributed by atoms with E-state index in [1.165, 1.54) is 0 Å². The number of halogens is 1. The highest BCUT2D eigenvalue weighted by Crippen LogP contribution is 2.22. The maximum absolute atomic E-state index is 11.1. The minimum absolute atomic E-state index is 0.172. The molecule has 0 heterocycles. The molecule has 0 aliphatic heterocycles. The standard InChI is InChI=1S/C13H18BrNO3/c1-3-18-13(16)6-7-15-9-10-8-11(17-2)4-5-12(10)14/h4-5,8,15H,3,6-7,9H2,1-2H3. The molecule has 0 aliphatic carbocycles. The fourth-order valence-electron chi connectivity index (χ4n) is 1.46. The van der Waals surface area contributed by atoms with Crippen molar-refractivity contribution in [1.82, 2.24) is 5.32 Å². The molecule has 0 spiro atoms. The van der Waals surface area contributed by atoms with Gasteiger partial charge in [-0.1, -0.05) is 15.9 Å². The Labute approximate surface area is 116 Å². The molecule has 1 rings (SSSR count). The molecule has 100 valence electrons. The molecule has 0 amide bonds. The number of hydrogen-bond donors (Lipinski definition) is 1. The van der Waals surface area contributed by atoms with E-state index in [-0.39, 0.29) is 5.97 Å². The highest BCUT2D eigenvalue weighted by molar-refractivity contribution is 9.10. The molecule has 0 aliphatic rings. The van der Waals surface area contributed by atoms with Crippen LogP contribution in [-0.2, 0) is 16.1 Å². The van der Waals surface area contributed by atoms with Crippen molar-refractivity contribution < 1.29 is 14.3 Å². The molecule has 0 unspecified atom stereocenters. The number of nitrogens with one attached hydrogen (secondary N) is 1. The fraction of sp³-hybridized carbons (Fsp3) is 0.462. The van der Waals surface area contributed by atoms with Crippen LogP contribution >= 0.6 is 15.9 Å². The number of rotatable bonds is 7. The maximum Gasteiger partial charge on any atom is 0.307 e. The van der Waals surface area contributed by atoms with Gasteiger partial charge in [0, 0.05) is 17.6 Å². The quantitative estimate of drug-likeness (QED) is 0.620. The smallest absolute Gasteiger partial charge is 0.307 e. The summed E-state index contributed by atoms with van der Waals surface area (Å²) in [5.41, 5.74) is 1.10. The Morgan fingerprint density at radius 2 is 2.22 bits per heavy atom. The summed E-state index contributed by atoms with van der Waals surface area (Å²) in [4.78, 5) is 11.1. The summed E-state index contributed by atoms with van der Waals surface area (Å²) in [7, 11) is 1.64. The van der Waals surface area contributed by atoms with Crippen LogP contribution in [0, 0.1) is 0 Å². The number of methoxy groups -OCH3 is 1. The fourth-order valence-corrected chi connectivity index (χ4v) is 1.85. The number of carbonyl (C=O) groups excluding carboxylic acids is 1. The molecule has 0 aromatic heterocycles. The molecule has 0 fully saturated rings. The molecule has 18 heavy (non-hydrogen) atoms. The van der Waals surface area contributed by atoms with Crippen molar-refractivity contribution in [3.8, 4) is 5.75 Å². The van der Waals surface area contributed by atoms with Crippen molar-refractivity contribution >= 4 is 21.9 Å². The molecule has 0 atom stereocenters. The maximum atomic E-state index is 11.1. The molecule has 1 aromatic carbocycles. The molecule has 0 radical (unpaired) electrons. The first-order chi connectivity index (χ1) is 8.67. The van der Waals surface area contributed by atoms with Crippen LogP contribution in [0.4, 0.5) is 0 Å². The Morgan fingerprint density at radius 3 is 2.89 bits per heavy atom. The van der Waals surface area contributed by atoms with Gasteiger partial charge >= 0.3 is 5.97 Å². The first kappa shape index (κ1) is 15.0. The third kappa shape index (κ3) is 5.06. The third-order valence-corrected chi connectivity index (χ3v) is 3.15. The lowest BCUT2D eigenvalue weighted by Gasteiger charge is -2.08. The second-order valence-corrected chi connectivity index (χ2v) is 4.54. The van der Waals surface area contributed by atoms with Crippen molar-refractivity contribution in [3.63, 3.8) is 0 Å². The van der Waals surface area contributed by atoms with Crippen LogP contribution in [0.15, 0.2) is 22.7 Å². The SMILES string of the molecule is CCOC(=O)CCNCc1cc(OC)ccc1Br. The van der Waals surface area contributed by atoms with Crippen LogP contribution in [0.2, 0.25) is 0 Å². The Morgan fingerprint density at radius 1 is 1.44 bits per heavy atom. The first-order valence-electron chi connectivity index (χ1n) is 5.86. The highest BCUT2D eigenvalue weighted by Gasteiger charge is 2.03. The number of ether oxygens (including phenoxy) is 2. The summed E-state index contributed by atoms with van der Waals surface area (Å²) < 4.78 is 11.0. The van der Waals surface area contributed by atoms with Gasteiger partial charge in [-0.15, -0.1) is 0 Å². The van der Waals surface area contributed by atoms with E-state index in [1.54, 1.807) is 14.0 Å². The summed E-state index contributed by atoms with van der Waals surface area (Å²) in [5, 5.41) is 3.20. The van der Waals surface area contributed by atoms with Gasteiger partial charge in [-0.25, -0.2) is 0 Å². The predicted octanol–water partition coefficient (Wildman–Crippen LogP) is 2.50. The van der Waals surface area contributed by atoms with E-state index < -0.39 is 0 Å². The lowest BCUT2D eigenvalue weighted by atomic mass is 10.2. The van der Waals surface area contributed by atoms with Crippen LogP contribution in [-0.4, -0.2) is 26.2 Å². The topological polar surface area (TPSA) is 47.6 Å². The molecular weight excluding hydrogens is 298 g/mol. The predicted molar refractivity (Wildman–Crippen MR) is 73.7 cm³/mol. The summed E-state index contributed by atoms with van der Waals surface area (Å²) in [6.07, 6.45) is 0.384. The van der Waals surface area contributed by atoms with Gasteiger partial charge in [0.05, 0.1) is 20.1 Å². The second-order valence-electron chi connectivity index (χ2n) is 3.69. The van der Waals surface area contributed by atoms with Crippen molar-refractivity contribution in [2.24, 2.45) is 0 Å². The van der Waals surface area contributed by atoms with E-state index in [1.807, 2.05) is 18.2 Å². The van der Waals surface area contributed by atoms with Crippen LogP contribution in [0.5, 0.6) is 5.75 Å². The van der Waals surface area contributed by atoms with E-state index in [9.17, 15) is 4.79 Å². The van der Waals surface area contributed by atoms with Gasteiger partial charge in [-0.3, -0.25) is 4.79 Å². The Hall–Kier alpha value is -1.07. The summed E-state index contributed by atoms with van der Waals surface area (Å²) in [5.74, 6) is 0.648. The minimum atomic E-state index is -0.172. The zero-order valence-corrected chi connectivity index (χ0v) is 12.2. The van der Waals surface area contributed by atoms with E-state index in [4.69, 9.17) is 9.47 Å². The largest absolute Gasteiger partial charge is 0.497 e. The summed E-state index contributed by atoms with van der Waals surface area (Å²) in [6.45, 7) is 3.51. The average molecular weight is 316 g/mol. The lowest BCUT2D eigenvalue weighted by Crippen LogP contribution is -2.19. The van der Waals surface area contributed by atoms with Gasteiger partial charge in [0.2, 0.25) is 0 Å². The monoisotopic (exact) mass is 315 g/mol. The Balaban J connectivity index is 2.37.